The normalized spacial score (nSPS) is 15.2. The van der Waals surface area contributed by atoms with Gasteiger partial charge in [-0.05, 0) is 49.1 Å². The third-order valence-electron chi connectivity index (χ3n) is 6.71. The molecule has 1 saturated carbocycles. The van der Waals surface area contributed by atoms with Gasteiger partial charge in [0.25, 0.3) is 0 Å². The fraction of sp³-hybridized carbons (Fsp3) is 0.519. The number of benzene rings is 1. The molecule has 0 radical (unpaired) electrons. The standard InChI is InChI=1S/C27H37N5O3S/c1-19(33)28-14-15-30-25-17-22(12-13-29-25)36(34,35)21-10-11-24-23(16-21)31-26(27(2,3)4)32(24)18-20-8-6-5-7-9-20/h10-13,16-17,20H,5-9,14-15,18H2,1-4H3,(H,28,33)(H,29,30). The molecule has 2 heterocycles. The minimum absolute atomic E-state index is 0.118. The van der Waals surface area contributed by atoms with Crippen LogP contribution in [-0.2, 0) is 26.6 Å². The van der Waals surface area contributed by atoms with Crippen molar-refractivity contribution >= 4 is 32.6 Å². The molecule has 8 nitrogen and oxygen atoms in total. The van der Waals surface area contributed by atoms with Crippen molar-refractivity contribution in [1.82, 2.24) is 19.9 Å². The summed E-state index contributed by atoms with van der Waals surface area (Å²) >= 11 is 0. The van der Waals surface area contributed by atoms with Crippen LogP contribution in [0.15, 0.2) is 46.3 Å². The zero-order valence-electron chi connectivity index (χ0n) is 21.7. The van der Waals surface area contributed by atoms with E-state index in [-0.39, 0.29) is 21.1 Å². The zero-order valence-corrected chi connectivity index (χ0v) is 22.5. The van der Waals surface area contributed by atoms with Gasteiger partial charge in [-0.3, -0.25) is 4.79 Å². The number of imidazole rings is 1. The summed E-state index contributed by atoms with van der Waals surface area (Å²) < 4.78 is 29.3. The molecule has 0 aliphatic heterocycles. The fourth-order valence-corrected chi connectivity index (χ4v) is 6.20. The van der Waals surface area contributed by atoms with Crippen molar-refractivity contribution in [2.24, 2.45) is 5.92 Å². The van der Waals surface area contributed by atoms with Gasteiger partial charge in [0.2, 0.25) is 15.7 Å². The summed E-state index contributed by atoms with van der Waals surface area (Å²) in [5.74, 6) is 1.95. The van der Waals surface area contributed by atoms with Crippen LogP contribution >= 0.6 is 0 Å². The fourth-order valence-electron chi connectivity index (χ4n) is 4.90. The van der Waals surface area contributed by atoms with Crippen LogP contribution in [0, 0.1) is 5.92 Å². The molecule has 4 rings (SSSR count). The number of anilines is 1. The summed E-state index contributed by atoms with van der Waals surface area (Å²) in [7, 11) is -3.76. The molecule has 2 aromatic heterocycles. The Labute approximate surface area is 213 Å². The van der Waals surface area contributed by atoms with Crippen LogP contribution in [0.1, 0.15) is 65.6 Å². The first-order chi connectivity index (χ1) is 17.1. The third-order valence-corrected chi connectivity index (χ3v) is 8.46. The summed E-state index contributed by atoms with van der Waals surface area (Å²) in [5.41, 5.74) is 1.54. The first-order valence-electron chi connectivity index (χ1n) is 12.8. The second kappa shape index (κ2) is 10.6. The third kappa shape index (κ3) is 5.88. The van der Waals surface area contributed by atoms with Crippen LogP contribution in [0.25, 0.3) is 11.0 Å². The van der Waals surface area contributed by atoms with Crippen molar-refractivity contribution in [1.29, 1.82) is 0 Å². The molecule has 1 amide bonds. The molecule has 0 spiro atoms. The largest absolute Gasteiger partial charge is 0.368 e. The molecule has 194 valence electrons. The Hall–Kier alpha value is -2.94. The maximum atomic E-state index is 13.5. The predicted molar refractivity (Wildman–Crippen MR) is 142 cm³/mol. The molecule has 2 N–H and O–H groups in total. The van der Waals surface area contributed by atoms with Crippen molar-refractivity contribution in [2.75, 3.05) is 18.4 Å². The summed E-state index contributed by atoms with van der Waals surface area (Å²) in [6.45, 7) is 9.70. The van der Waals surface area contributed by atoms with Gasteiger partial charge in [-0.25, -0.2) is 18.4 Å². The van der Waals surface area contributed by atoms with E-state index in [1.165, 1.54) is 57.4 Å². The van der Waals surface area contributed by atoms with Crippen molar-refractivity contribution < 1.29 is 13.2 Å². The Morgan fingerprint density at radius 3 is 2.47 bits per heavy atom. The minimum atomic E-state index is -3.76. The van der Waals surface area contributed by atoms with Gasteiger partial charge in [-0.2, -0.15) is 0 Å². The van der Waals surface area contributed by atoms with Crippen LogP contribution in [-0.4, -0.2) is 41.9 Å². The molecule has 1 aromatic carbocycles. The van der Waals surface area contributed by atoms with Gasteiger partial charge < -0.3 is 15.2 Å². The predicted octanol–water partition coefficient (Wildman–Crippen LogP) is 4.69. The number of aromatic nitrogens is 3. The van der Waals surface area contributed by atoms with E-state index < -0.39 is 9.84 Å². The number of rotatable bonds is 8. The summed E-state index contributed by atoms with van der Waals surface area (Å²) in [6.07, 6.45) is 7.82. The molecule has 1 aliphatic carbocycles. The van der Waals surface area contributed by atoms with Gasteiger partial charge in [0.15, 0.2) is 0 Å². The second-order valence-corrected chi connectivity index (χ2v) is 12.7. The maximum absolute atomic E-state index is 13.5. The lowest BCUT2D eigenvalue weighted by molar-refractivity contribution is -0.118. The summed E-state index contributed by atoms with van der Waals surface area (Å²) in [6, 6.07) is 8.31. The van der Waals surface area contributed by atoms with Gasteiger partial charge in [-0.15, -0.1) is 0 Å². The Morgan fingerprint density at radius 2 is 1.78 bits per heavy atom. The molecule has 9 heteroatoms. The lowest BCUT2D eigenvalue weighted by Gasteiger charge is -2.26. The topological polar surface area (TPSA) is 106 Å². The number of amides is 1. The number of hydrogen-bond acceptors (Lipinski definition) is 6. The van der Waals surface area contributed by atoms with E-state index in [2.05, 4.69) is 41.0 Å². The van der Waals surface area contributed by atoms with Crippen molar-refractivity contribution in [2.45, 2.75) is 81.5 Å². The lowest BCUT2D eigenvalue weighted by Crippen LogP contribution is -2.26. The number of nitrogens with zero attached hydrogens (tertiary/aromatic N) is 3. The number of carbonyl (C=O) groups excluding carboxylic acids is 1. The Kier molecular flexibility index (Phi) is 7.68. The van der Waals surface area contributed by atoms with Gasteiger partial charge in [-0.1, -0.05) is 40.0 Å². The van der Waals surface area contributed by atoms with Crippen LogP contribution in [0.5, 0.6) is 0 Å². The van der Waals surface area contributed by atoms with Crippen molar-refractivity contribution in [3.05, 3.63) is 42.4 Å². The molecule has 36 heavy (non-hydrogen) atoms. The minimum Gasteiger partial charge on any atom is -0.368 e. The van der Waals surface area contributed by atoms with Gasteiger partial charge >= 0.3 is 0 Å². The highest BCUT2D eigenvalue weighted by atomic mass is 32.2. The highest BCUT2D eigenvalue weighted by Gasteiger charge is 2.27. The molecule has 0 saturated heterocycles. The molecular formula is C27H37N5O3S. The van der Waals surface area contributed by atoms with E-state index in [4.69, 9.17) is 4.98 Å². The highest BCUT2D eigenvalue weighted by molar-refractivity contribution is 7.91. The Bertz CT molecular complexity index is 1340. The van der Waals surface area contributed by atoms with Crippen LogP contribution in [0.3, 0.4) is 0 Å². The van der Waals surface area contributed by atoms with E-state index in [0.29, 0.717) is 30.3 Å². The average Bonchev–Trinajstić information content (AvgIpc) is 3.21. The number of carbonyl (C=O) groups is 1. The van der Waals surface area contributed by atoms with Crippen LogP contribution in [0.4, 0.5) is 5.82 Å². The number of pyridine rings is 1. The SMILES string of the molecule is CC(=O)NCCNc1cc(S(=O)(=O)c2ccc3c(c2)nc(C(C)(C)C)n3CC2CCCCC2)ccn1. The first kappa shape index (κ1) is 26.1. The maximum Gasteiger partial charge on any atom is 0.216 e. The number of hydrogen-bond donors (Lipinski definition) is 2. The van der Waals surface area contributed by atoms with Gasteiger partial charge in [0.1, 0.15) is 11.6 Å². The Morgan fingerprint density at radius 1 is 1.06 bits per heavy atom. The van der Waals surface area contributed by atoms with Gasteiger partial charge in [0.05, 0.1) is 20.8 Å². The molecule has 1 fully saturated rings. The lowest BCUT2D eigenvalue weighted by atomic mass is 9.88. The van der Waals surface area contributed by atoms with E-state index >= 15 is 0 Å². The smallest absolute Gasteiger partial charge is 0.216 e. The first-order valence-corrected chi connectivity index (χ1v) is 14.2. The second-order valence-electron chi connectivity index (χ2n) is 10.7. The van der Waals surface area contributed by atoms with E-state index in [1.807, 2.05) is 6.07 Å². The van der Waals surface area contributed by atoms with E-state index in [1.54, 1.807) is 12.1 Å². The average molecular weight is 512 g/mol. The summed E-state index contributed by atoms with van der Waals surface area (Å²) in [5, 5.41) is 5.74. The zero-order chi connectivity index (χ0) is 25.9. The Balaban J connectivity index is 1.64. The summed E-state index contributed by atoms with van der Waals surface area (Å²) in [4.78, 5) is 20.6. The van der Waals surface area contributed by atoms with E-state index in [9.17, 15) is 13.2 Å². The van der Waals surface area contributed by atoms with Crippen LogP contribution < -0.4 is 10.6 Å². The van der Waals surface area contributed by atoms with E-state index in [0.717, 1.165) is 17.9 Å². The number of sulfone groups is 1. The molecular weight excluding hydrogens is 474 g/mol. The molecule has 3 aromatic rings. The molecule has 1 aliphatic rings. The quantitative estimate of drug-likeness (QED) is 0.425. The molecule has 0 unspecified atom stereocenters. The molecule has 0 bridgehead atoms. The van der Waals surface area contributed by atoms with Crippen LogP contribution in [0.2, 0.25) is 0 Å². The number of fused-ring (bicyclic) bond motifs is 1. The van der Waals surface area contributed by atoms with Crippen molar-refractivity contribution in [3.63, 3.8) is 0 Å². The van der Waals surface area contributed by atoms with Crippen molar-refractivity contribution in [3.8, 4) is 0 Å². The monoisotopic (exact) mass is 511 g/mol. The number of nitrogens with one attached hydrogen (secondary N) is 2. The highest BCUT2D eigenvalue weighted by Crippen LogP contribution is 2.33. The molecule has 0 atom stereocenters. The van der Waals surface area contributed by atoms with Gasteiger partial charge in [0, 0.05) is 38.2 Å².